The van der Waals surface area contributed by atoms with Gasteiger partial charge in [-0.15, -0.1) is 0 Å². The highest BCUT2D eigenvalue weighted by molar-refractivity contribution is 5.95. The Balaban J connectivity index is 2.38. The summed E-state index contributed by atoms with van der Waals surface area (Å²) in [4.78, 5) is 25.0. The van der Waals surface area contributed by atoms with Gasteiger partial charge >= 0.3 is 0 Å². The lowest BCUT2D eigenvalue weighted by molar-refractivity contribution is -0.122. The molecule has 6 nitrogen and oxygen atoms in total. The number of anilines is 2. The lowest BCUT2D eigenvalue weighted by Gasteiger charge is -2.16. The number of benzene rings is 1. The van der Waals surface area contributed by atoms with E-state index in [9.17, 15) is 9.59 Å². The Morgan fingerprint density at radius 1 is 1.20 bits per heavy atom. The van der Waals surface area contributed by atoms with Crippen LogP contribution in [0.2, 0.25) is 0 Å². The summed E-state index contributed by atoms with van der Waals surface area (Å²) in [7, 11) is 1.72. The first kappa shape index (κ1) is 16.0. The zero-order valence-electron chi connectivity index (χ0n) is 12.0. The summed E-state index contributed by atoms with van der Waals surface area (Å²) in [5.41, 5.74) is 6.85. The lowest BCUT2D eigenvalue weighted by Crippen LogP contribution is -2.39. The quantitative estimate of drug-likeness (QED) is 0.640. The van der Waals surface area contributed by atoms with E-state index in [4.69, 9.17) is 5.73 Å². The van der Waals surface area contributed by atoms with Crippen LogP contribution in [0.15, 0.2) is 24.3 Å². The highest BCUT2D eigenvalue weighted by atomic mass is 16.2. The van der Waals surface area contributed by atoms with E-state index in [0.29, 0.717) is 17.9 Å². The highest BCUT2D eigenvalue weighted by Gasteiger charge is 2.11. The number of rotatable bonds is 7. The van der Waals surface area contributed by atoms with Crippen molar-refractivity contribution in [3.05, 3.63) is 24.3 Å². The van der Waals surface area contributed by atoms with Gasteiger partial charge in [0.2, 0.25) is 11.8 Å². The van der Waals surface area contributed by atoms with Crippen LogP contribution in [0.3, 0.4) is 0 Å². The number of likely N-dealkylation sites (N-methyl/N-ethyl adjacent to an activating group) is 1. The van der Waals surface area contributed by atoms with Crippen LogP contribution in [0.1, 0.15) is 13.3 Å². The third kappa shape index (κ3) is 5.71. The Kier molecular flexibility index (Phi) is 6.52. The highest BCUT2D eigenvalue weighted by Crippen LogP contribution is 2.16. The zero-order chi connectivity index (χ0) is 15.0. The summed E-state index contributed by atoms with van der Waals surface area (Å²) in [6, 6.07) is 7.06. The van der Waals surface area contributed by atoms with E-state index in [2.05, 4.69) is 10.6 Å². The van der Waals surface area contributed by atoms with E-state index < -0.39 is 0 Å². The van der Waals surface area contributed by atoms with Gasteiger partial charge in [0, 0.05) is 6.54 Å². The van der Waals surface area contributed by atoms with Crippen molar-refractivity contribution in [3.8, 4) is 0 Å². The molecule has 4 N–H and O–H groups in total. The number of carbonyl (C=O) groups is 2. The first-order chi connectivity index (χ1) is 9.52. The molecular formula is C14H22N4O2. The molecule has 0 heterocycles. The molecule has 1 rings (SSSR count). The van der Waals surface area contributed by atoms with Gasteiger partial charge in [0.05, 0.1) is 24.5 Å². The molecule has 0 atom stereocenters. The molecule has 110 valence electrons. The Morgan fingerprint density at radius 3 is 2.50 bits per heavy atom. The molecule has 0 fully saturated rings. The Morgan fingerprint density at radius 2 is 1.85 bits per heavy atom. The van der Waals surface area contributed by atoms with Crippen molar-refractivity contribution >= 4 is 23.2 Å². The number of nitrogen functional groups attached to an aromatic ring is 1. The SMILES string of the molecule is CCCNC(=O)CN(C)CC(=O)Nc1ccccc1N. The van der Waals surface area contributed by atoms with Crippen molar-refractivity contribution in [1.82, 2.24) is 10.2 Å². The third-order valence-corrected chi connectivity index (χ3v) is 2.63. The fourth-order valence-corrected chi connectivity index (χ4v) is 1.67. The Bertz CT molecular complexity index is 462. The molecule has 0 radical (unpaired) electrons. The molecule has 6 heteroatoms. The van der Waals surface area contributed by atoms with Crippen molar-refractivity contribution in [3.63, 3.8) is 0 Å². The molecule has 0 unspecified atom stereocenters. The largest absolute Gasteiger partial charge is 0.397 e. The second-order valence-corrected chi connectivity index (χ2v) is 4.66. The van der Waals surface area contributed by atoms with E-state index in [0.717, 1.165) is 6.42 Å². The summed E-state index contributed by atoms with van der Waals surface area (Å²) in [6.45, 7) is 2.96. The van der Waals surface area contributed by atoms with Gasteiger partial charge in [-0.2, -0.15) is 0 Å². The standard InChI is InChI=1S/C14H22N4O2/c1-3-8-16-13(19)9-18(2)10-14(20)17-12-7-5-4-6-11(12)15/h4-7H,3,8-10,15H2,1-2H3,(H,16,19)(H,17,20). The monoisotopic (exact) mass is 278 g/mol. The number of amides is 2. The first-order valence-corrected chi connectivity index (χ1v) is 6.62. The van der Waals surface area contributed by atoms with Crippen molar-refractivity contribution in [2.24, 2.45) is 0 Å². The van der Waals surface area contributed by atoms with E-state index in [-0.39, 0.29) is 24.9 Å². The average Bonchev–Trinajstić information content (AvgIpc) is 2.38. The van der Waals surface area contributed by atoms with Crippen LogP contribution in [-0.2, 0) is 9.59 Å². The van der Waals surface area contributed by atoms with Gasteiger partial charge in [0.15, 0.2) is 0 Å². The number of nitrogens with zero attached hydrogens (tertiary/aromatic N) is 1. The molecule has 1 aromatic carbocycles. The minimum absolute atomic E-state index is 0.0821. The average molecular weight is 278 g/mol. The summed E-state index contributed by atoms with van der Waals surface area (Å²) in [5, 5.41) is 5.48. The number of hydrogen-bond donors (Lipinski definition) is 3. The van der Waals surface area contributed by atoms with Crippen LogP contribution in [0.25, 0.3) is 0 Å². The van der Waals surface area contributed by atoms with E-state index in [1.54, 1.807) is 36.2 Å². The van der Waals surface area contributed by atoms with Crippen LogP contribution in [0, 0.1) is 0 Å². The number of nitrogens with one attached hydrogen (secondary N) is 2. The maximum absolute atomic E-state index is 11.8. The lowest BCUT2D eigenvalue weighted by atomic mass is 10.2. The van der Waals surface area contributed by atoms with Crippen molar-refractivity contribution in [2.45, 2.75) is 13.3 Å². The number of hydrogen-bond acceptors (Lipinski definition) is 4. The summed E-state index contributed by atoms with van der Waals surface area (Å²) in [6.07, 6.45) is 0.892. The predicted octanol–water partition coefficient (Wildman–Crippen LogP) is 0.665. The molecule has 20 heavy (non-hydrogen) atoms. The number of carbonyl (C=O) groups excluding carboxylic acids is 2. The number of nitrogens with two attached hydrogens (primary N) is 1. The van der Waals surface area contributed by atoms with Gasteiger partial charge in [0.25, 0.3) is 0 Å². The van der Waals surface area contributed by atoms with E-state index in [1.165, 1.54) is 0 Å². The minimum atomic E-state index is -0.200. The van der Waals surface area contributed by atoms with Crippen molar-refractivity contribution < 1.29 is 9.59 Å². The molecule has 0 aliphatic heterocycles. The van der Waals surface area contributed by atoms with E-state index >= 15 is 0 Å². The van der Waals surface area contributed by atoms with Crippen LogP contribution in [0.4, 0.5) is 11.4 Å². The van der Waals surface area contributed by atoms with Crippen LogP contribution in [0.5, 0.6) is 0 Å². The fourth-order valence-electron chi connectivity index (χ4n) is 1.67. The smallest absolute Gasteiger partial charge is 0.238 e. The molecule has 0 saturated carbocycles. The predicted molar refractivity (Wildman–Crippen MR) is 80.3 cm³/mol. The molecule has 0 spiro atoms. The van der Waals surface area contributed by atoms with Crippen LogP contribution in [-0.4, -0.2) is 43.4 Å². The maximum atomic E-state index is 11.8. The second kappa shape index (κ2) is 8.16. The molecule has 0 aliphatic carbocycles. The van der Waals surface area contributed by atoms with Crippen molar-refractivity contribution in [2.75, 3.05) is 37.7 Å². The number of para-hydroxylation sites is 2. The normalized spacial score (nSPS) is 10.3. The molecule has 0 aromatic heterocycles. The Labute approximate surface area is 119 Å². The van der Waals surface area contributed by atoms with Gasteiger partial charge in [-0.3, -0.25) is 14.5 Å². The van der Waals surface area contributed by atoms with E-state index in [1.807, 2.05) is 6.92 Å². The molecule has 0 bridgehead atoms. The molecule has 2 amide bonds. The van der Waals surface area contributed by atoms with Gasteiger partial charge in [-0.25, -0.2) is 0 Å². The zero-order valence-corrected chi connectivity index (χ0v) is 12.0. The van der Waals surface area contributed by atoms with Gasteiger partial charge in [0.1, 0.15) is 0 Å². The van der Waals surface area contributed by atoms with Crippen LogP contribution < -0.4 is 16.4 Å². The first-order valence-electron chi connectivity index (χ1n) is 6.62. The third-order valence-electron chi connectivity index (χ3n) is 2.63. The van der Waals surface area contributed by atoms with Gasteiger partial charge < -0.3 is 16.4 Å². The molecule has 0 saturated heterocycles. The van der Waals surface area contributed by atoms with Crippen molar-refractivity contribution in [1.29, 1.82) is 0 Å². The maximum Gasteiger partial charge on any atom is 0.238 e. The summed E-state index contributed by atoms with van der Waals surface area (Å²) < 4.78 is 0. The molecular weight excluding hydrogens is 256 g/mol. The topological polar surface area (TPSA) is 87.5 Å². The molecule has 0 aliphatic rings. The fraction of sp³-hybridized carbons (Fsp3) is 0.429. The second-order valence-electron chi connectivity index (χ2n) is 4.66. The molecule has 1 aromatic rings. The van der Waals surface area contributed by atoms with Crippen LogP contribution >= 0.6 is 0 Å². The minimum Gasteiger partial charge on any atom is -0.397 e. The summed E-state index contributed by atoms with van der Waals surface area (Å²) >= 11 is 0. The van der Waals surface area contributed by atoms with Gasteiger partial charge in [-0.1, -0.05) is 19.1 Å². The summed E-state index contributed by atoms with van der Waals surface area (Å²) in [5.74, 6) is -0.282. The Hall–Kier alpha value is -2.08. The van der Waals surface area contributed by atoms with Gasteiger partial charge in [-0.05, 0) is 25.6 Å².